The Labute approximate surface area is 377 Å². The Kier molecular flexibility index (Phi) is 47.4. The predicted octanol–water partition coefficient (Wildman–Crippen LogP) is 16.9. The van der Waals surface area contributed by atoms with E-state index in [-0.39, 0.29) is 31.1 Å². The lowest BCUT2D eigenvalue weighted by atomic mass is 10.1. The van der Waals surface area contributed by atoms with Crippen molar-refractivity contribution >= 4 is 17.9 Å². The highest BCUT2D eigenvalue weighted by Crippen LogP contribution is 2.14. The van der Waals surface area contributed by atoms with Crippen LogP contribution in [0.2, 0.25) is 0 Å². The molecule has 352 valence electrons. The molecule has 6 nitrogen and oxygen atoms in total. The number of hydrogen-bond acceptors (Lipinski definition) is 6. The van der Waals surface area contributed by atoms with Crippen LogP contribution in [0.25, 0.3) is 0 Å². The van der Waals surface area contributed by atoms with Gasteiger partial charge in [-0.2, -0.15) is 0 Å². The van der Waals surface area contributed by atoms with Crippen LogP contribution in [0.1, 0.15) is 252 Å². The van der Waals surface area contributed by atoms with Crippen LogP contribution in [0.5, 0.6) is 0 Å². The smallest absolute Gasteiger partial charge is 0.306 e. The van der Waals surface area contributed by atoms with E-state index in [9.17, 15) is 14.4 Å². The second kappa shape index (κ2) is 49.8. The van der Waals surface area contributed by atoms with E-state index in [1.165, 1.54) is 103 Å². The van der Waals surface area contributed by atoms with Crippen LogP contribution in [0.15, 0.2) is 60.8 Å². The quantitative estimate of drug-likeness (QED) is 0.0200. The summed E-state index contributed by atoms with van der Waals surface area (Å²) in [5, 5.41) is 0. The number of esters is 3. The lowest BCUT2D eigenvalue weighted by Gasteiger charge is -2.18. The van der Waals surface area contributed by atoms with Gasteiger partial charge >= 0.3 is 17.9 Å². The summed E-state index contributed by atoms with van der Waals surface area (Å²) in [6, 6.07) is 0. The highest BCUT2D eigenvalue weighted by atomic mass is 16.6. The standard InChI is InChI=1S/C55H96O6/c1-4-7-10-13-16-19-22-24-26-27-28-29-31-33-36-39-42-45-48-54(57)60-51-52(50-59-53(56)47-44-41-38-35-32-21-18-15-12-9-6-3)61-55(58)49-46-43-40-37-34-30-25-23-20-17-14-11-8-5-2/h8,11,17,20,25-30,52H,4-7,9-10,12-16,18-19,21-24,31-51H2,1-3H3/b11-8-,20-17-,27-26-,29-28-,30-25-. The van der Waals surface area contributed by atoms with Crippen molar-refractivity contribution in [2.45, 2.75) is 258 Å². The second-order valence-corrected chi connectivity index (χ2v) is 17.1. The summed E-state index contributed by atoms with van der Waals surface area (Å²) >= 11 is 0. The maximum absolute atomic E-state index is 12.8. The van der Waals surface area contributed by atoms with Gasteiger partial charge in [-0.25, -0.2) is 0 Å². The molecule has 0 aliphatic rings. The van der Waals surface area contributed by atoms with E-state index >= 15 is 0 Å². The Bertz CT molecular complexity index is 1120. The van der Waals surface area contributed by atoms with Crippen molar-refractivity contribution in [3.05, 3.63) is 60.8 Å². The van der Waals surface area contributed by atoms with Gasteiger partial charge in [-0.05, 0) is 77.0 Å². The monoisotopic (exact) mass is 853 g/mol. The van der Waals surface area contributed by atoms with Gasteiger partial charge < -0.3 is 14.2 Å². The topological polar surface area (TPSA) is 78.9 Å². The van der Waals surface area contributed by atoms with Crippen molar-refractivity contribution < 1.29 is 28.6 Å². The van der Waals surface area contributed by atoms with Gasteiger partial charge in [-0.1, -0.05) is 216 Å². The van der Waals surface area contributed by atoms with Gasteiger partial charge in [0.05, 0.1) is 0 Å². The molecule has 1 unspecified atom stereocenters. The van der Waals surface area contributed by atoms with Crippen molar-refractivity contribution in [3.63, 3.8) is 0 Å². The summed E-state index contributed by atoms with van der Waals surface area (Å²) in [5.41, 5.74) is 0. The van der Waals surface area contributed by atoms with E-state index in [1.807, 2.05) is 0 Å². The fraction of sp³-hybridized carbons (Fsp3) is 0.764. The van der Waals surface area contributed by atoms with Crippen molar-refractivity contribution in [1.82, 2.24) is 0 Å². The van der Waals surface area contributed by atoms with Crippen molar-refractivity contribution in [2.24, 2.45) is 0 Å². The predicted molar refractivity (Wildman–Crippen MR) is 261 cm³/mol. The summed E-state index contributed by atoms with van der Waals surface area (Å²) < 4.78 is 16.8. The first-order chi connectivity index (χ1) is 30.0. The summed E-state index contributed by atoms with van der Waals surface area (Å²) in [4.78, 5) is 37.9. The molecule has 0 radical (unpaired) electrons. The van der Waals surface area contributed by atoms with E-state index < -0.39 is 6.10 Å². The fourth-order valence-electron chi connectivity index (χ4n) is 7.15. The Hall–Kier alpha value is -2.89. The molecule has 6 heteroatoms. The van der Waals surface area contributed by atoms with Crippen molar-refractivity contribution in [1.29, 1.82) is 0 Å². The SMILES string of the molecule is CC/C=C\C/C=C\C/C=C\CCCCCCC(=O)OC(COC(=O)CCCCCCC/C=C\C=C/CCCCCCCCC)COC(=O)CCCCCCCCCCCCC. The Morgan fingerprint density at radius 2 is 0.689 bits per heavy atom. The number of allylic oxidation sites excluding steroid dienone is 10. The van der Waals surface area contributed by atoms with Gasteiger partial charge in [0.2, 0.25) is 0 Å². The van der Waals surface area contributed by atoms with E-state index in [0.717, 1.165) is 109 Å². The number of carbonyl (C=O) groups excluding carboxylic acids is 3. The van der Waals surface area contributed by atoms with Crippen LogP contribution >= 0.6 is 0 Å². The Morgan fingerprint density at radius 1 is 0.361 bits per heavy atom. The second-order valence-electron chi connectivity index (χ2n) is 17.1. The molecule has 61 heavy (non-hydrogen) atoms. The lowest BCUT2D eigenvalue weighted by Crippen LogP contribution is -2.30. The summed E-state index contributed by atoms with van der Waals surface area (Å²) in [7, 11) is 0. The van der Waals surface area contributed by atoms with E-state index in [2.05, 4.69) is 81.5 Å². The number of carbonyl (C=O) groups is 3. The van der Waals surface area contributed by atoms with Gasteiger partial charge in [0.25, 0.3) is 0 Å². The molecule has 0 amide bonds. The summed E-state index contributed by atoms with van der Waals surface area (Å²) in [6.07, 6.45) is 60.6. The number of unbranched alkanes of at least 4 members (excludes halogenated alkanes) is 26. The minimum Gasteiger partial charge on any atom is -0.462 e. The van der Waals surface area contributed by atoms with Crippen molar-refractivity contribution in [3.8, 4) is 0 Å². The number of hydrogen-bond donors (Lipinski definition) is 0. The van der Waals surface area contributed by atoms with Crippen LogP contribution in [0.4, 0.5) is 0 Å². The van der Waals surface area contributed by atoms with E-state index in [4.69, 9.17) is 14.2 Å². The highest BCUT2D eigenvalue weighted by Gasteiger charge is 2.19. The molecule has 0 aromatic heterocycles. The molecule has 0 saturated heterocycles. The van der Waals surface area contributed by atoms with Gasteiger partial charge in [0.1, 0.15) is 13.2 Å². The molecule has 0 heterocycles. The zero-order valence-electron chi connectivity index (χ0n) is 40.2. The average Bonchev–Trinajstić information content (AvgIpc) is 3.26. The Morgan fingerprint density at radius 3 is 1.10 bits per heavy atom. The molecule has 0 spiro atoms. The third-order valence-corrected chi connectivity index (χ3v) is 11.0. The molecular weight excluding hydrogens is 757 g/mol. The van der Waals surface area contributed by atoms with Crippen molar-refractivity contribution in [2.75, 3.05) is 13.2 Å². The molecule has 0 aliphatic carbocycles. The molecule has 0 aliphatic heterocycles. The molecular formula is C55H96O6. The number of ether oxygens (including phenoxy) is 3. The Balaban J connectivity index is 4.40. The molecule has 0 bridgehead atoms. The molecule has 0 N–H and O–H groups in total. The van der Waals surface area contributed by atoms with Crippen LogP contribution < -0.4 is 0 Å². The fourth-order valence-corrected chi connectivity index (χ4v) is 7.15. The van der Waals surface area contributed by atoms with Crippen LogP contribution in [0.3, 0.4) is 0 Å². The van der Waals surface area contributed by atoms with Crippen LogP contribution in [-0.2, 0) is 28.6 Å². The maximum Gasteiger partial charge on any atom is 0.306 e. The maximum atomic E-state index is 12.8. The van der Waals surface area contributed by atoms with E-state index in [1.54, 1.807) is 0 Å². The minimum atomic E-state index is -0.789. The normalized spacial score (nSPS) is 12.5. The third-order valence-electron chi connectivity index (χ3n) is 11.0. The first-order valence-electron chi connectivity index (χ1n) is 25.8. The summed E-state index contributed by atoms with van der Waals surface area (Å²) in [5.74, 6) is -0.922. The van der Waals surface area contributed by atoms with Crippen LogP contribution in [-0.4, -0.2) is 37.2 Å². The molecule has 0 saturated carbocycles. The highest BCUT2D eigenvalue weighted by molar-refractivity contribution is 5.71. The average molecular weight is 853 g/mol. The molecule has 0 fully saturated rings. The van der Waals surface area contributed by atoms with Gasteiger partial charge in [0.15, 0.2) is 6.10 Å². The minimum absolute atomic E-state index is 0.0870. The zero-order chi connectivity index (χ0) is 44.4. The molecule has 0 aromatic rings. The molecule has 0 rings (SSSR count). The first-order valence-corrected chi connectivity index (χ1v) is 25.8. The molecule has 1 atom stereocenters. The number of rotatable bonds is 46. The first kappa shape index (κ1) is 58.1. The lowest BCUT2D eigenvalue weighted by molar-refractivity contribution is -0.167. The molecule has 0 aromatic carbocycles. The largest absolute Gasteiger partial charge is 0.462 e. The van der Waals surface area contributed by atoms with Gasteiger partial charge in [-0.3, -0.25) is 14.4 Å². The third kappa shape index (κ3) is 48.0. The van der Waals surface area contributed by atoms with Gasteiger partial charge in [0, 0.05) is 19.3 Å². The van der Waals surface area contributed by atoms with E-state index in [0.29, 0.717) is 19.3 Å². The summed E-state index contributed by atoms with van der Waals surface area (Å²) in [6.45, 7) is 6.49. The zero-order valence-corrected chi connectivity index (χ0v) is 40.2. The van der Waals surface area contributed by atoms with Gasteiger partial charge in [-0.15, -0.1) is 0 Å². The van der Waals surface area contributed by atoms with Crippen LogP contribution in [0, 0.1) is 0 Å².